The van der Waals surface area contributed by atoms with E-state index >= 15 is 0 Å². The number of carbonyl (C=O) groups excluding carboxylic acids is 1. The minimum Gasteiger partial charge on any atom is -0.361 e. The van der Waals surface area contributed by atoms with Crippen LogP contribution in [0, 0.1) is 18.8 Å². The molecule has 1 aromatic rings. The first kappa shape index (κ1) is 17.9. The van der Waals surface area contributed by atoms with Gasteiger partial charge in [0.25, 0.3) is 5.91 Å². The van der Waals surface area contributed by atoms with E-state index in [1.54, 1.807) is 6.92 Å². The van der Waals surface area contributed by atoms with Crippen LogP contribution in [-0.4, -0.2) is 49.2 Å². The molecular formula is C15H25N3O4S. The van der Waals surface area contributed by atoms with Gasteiger partial charge in [-0.3, -0.25) is 4.79 Å². The van der Waals surface area contributed by atoms with Crippen LogP contribution >= 0.6 is 0 Å². The van der Waals surface area contributed by atoms with E-state index in [9.17, 15) is 13.2 Å². The Morgan fingerprint density at radius 3 is 2.61 bits per heavy atom. The van der Waals surface area contributed by atoms with Gasteiger partial charge in [-0.05, 0) is 25.2 Å². The van der Waals surface area contributed by atoms with Gasteiger partial charge in [0.1, 0.15) is 11.3 Å². The number of amides is 1. The lowest BCUT2D eigenvalue weighted by molar-refractivity contribution is 0.0923. The number of aromatic nitrogens is 1. The van der Waals surface area contributed by atoms with Crippen molar-refractivity contribution in [3.05, 3.63) is 17.0 Å². The van der Waals surface area contributed by atoms with Crippen LogP contribution < -0.4 is 5.32 Å². The fourth-order valence-electron chi connectivity index (χ4n) is 3.08. The summed E-state index contributed by atoms with van der Waals surface area (Å²) in [7, 11) is -3.26. The van der Waals surface area contributed by atoms with Crippen LogP contribution in [0.5, 0.6) is 0 Å². The molecule has 0 aromatic carbocycles. The summed E-state index contributed by atoms with van der Waals surface area (Å²) in [6, 6.07) is -0.212. The number of sulfonamides is 1. The Morgan fingerprint density at radius 1 is 1.43 bits per heavy atom. The van der Waals surface area contributed by atoms with Gasteiger partial charge in [0.05, 0.1) is 11.9 Å². The molecule has 130 valence electrons. The summed E-state index contributed by atoms with van der Waals surface area (Å²) in [6.07, 6.45) is 1.81. The molecule has 0 spiro atoms. The SMILES string of the molecule is CCc1noc(C)c1C(=O)N[C@@H]1CN(S(C)(=O)=O)C[C@H]1C(C)C. The van der Waals surface area contributed by atoms with Gasteiger partial charge < -0.3 is 9.84 Å². The first-order valence-electron chi connectivity index (χ1n) is 7.86. The second kappa shape index (κ2) is 6.60. The number of aryl methyl sites for hydroxylation is 2. The first-order chi connectivity index (χ1) is 10.6. The predicted molar refractivity (Wildman–Crippen MR) is 86.6 cm³/mol. The maximum atomic E-state index is 12.6. The largest absolute Gasteiger partial charge is 0.361 e. The molecule has 1 aromatic heterocycles. The number of hydrogen-bond acceptors (Lipinski definition) is 5. The molecule has 0 radical (unpaired) electrons. The van der Waals surface area contributed by atoms with Crippen molar-refractivity contribution in [2.24, 2.45) is 11.8 Å². The van der Waals surface area contributed by atoms with Crippen LogP contribution in [0.4, 0.5) is 0 Å². The monoisotopic (exact) mass is 343 g/mol. The Labute approximate surface area is 137 Å². The highest BCUT2D eigenvalue weighted by atomic mass is 32.2. The van der Waals surface area contributed by atoms with Crippen LogP contribution in [0.1, 0.15) is 42.6 Å². The van der Waals surface area contributed by atoms with Crippen molar-refractivity contribution in [2.75, 3.05) is 19.3 Å². The Morgan fingerprint density at radius 2 is 2.09 bits per heavy atom. The Kier molecular flexibility index (Phi) is 5.15. The van der Waals surface area contributed by atoms with E-state index in [1.165, 1.54) is 10.6 Å². The molecule has 7 nitrogen and oxygen atoms in total. The highest BCUT2D eigenvalue weighted by Crippen LogP contribution is 2.27. The van der Waals surface area contributed by atoms with E-state index in [4.69, 9.17) is 4.52 Å². The number of nitrogens with one attached hydrogen (secondary N) is 1. The van der Waals surface area contributed by atoms with Crippen LogP contribution in [0.15, 0.2) is 4.52 Å². The maximum Gasteiger partial charge on any atom is 0.257 e. The van der Waals surface area contributed by atoms with E-state index < -0.39 is 10.0 Å². The molecule has 1 amide bonds. The average Bonchev–Trinajstić information content (AvgIpc) is 3.01. The van der Waals surface area contributed by atoms with Gasteiger partial charge in [0.15, 0.2) is 0 Å². The zero-order valence-electron chi connectivity index (χ0n) is 14.3. The van der Waals surface area contributed by atoms with Gasteiger partial charge in [0, 0.05) is 19.1 Å². The van der Waals surface area contributed by atoms with E-state index in [1.807, 2.05) is 20.8 Å². The molecule has 23 heavy (non-hydrogen) atoms. The van der Waals surface area contributed by atoms with Crippen molar-refractivity contribution in [3.8, 4) is 0 Å². The Bertz CT molecular complexity index is 681. The third-order valence-corrected chi connectivity index (χ3v) is 5.70. The lowest BCUT2D eigenvalue weighted by Crippen LogP contribution is -2.42. The van der Waals surface area contributed by atoms with Crippen molar-refractivity contribution < 1.29 is 17.7 Å². The first-order valence-corrected chi connectivity index (χ1v) is 9.71. The van der Waals surface area contributed by atoms with E-state index in [-0.39, 0.29) is 23.8 Å². The maximum absolute atomic E-state index is 12.6. The Balaban J connectivity index is 2.20. The second-order valence-corrected chi connectivity index (χ2v) is 8.46. The van der Waals surface area contributed by atoms with Gasteiger partial charge in [-0.15, -0.1) is 0 Å². The molecule has 0 unspecified atom stereocenters. The quantitative estimate of drug-likeness (QED) is 0.867. The third-order valence-electron chi connectivity index (χ3n) is 4.47. The van der Waals surface area contributed by atoms with Crippen LogP contribution in [-0.2, 0) is 16.4 Å². The molecule has 2 atom stereocenters. The van der Waals surface area contributed by atoms with Crippen molar-refractivity contribution in [1.29, 1.82) is 0 Å². The van der Waals surface area contributed by atoms with Crippen molar-refractivity contribution in [3.63, 3.8) is 0 Å². The topological polar surface area (TPSA) is 92.5 Å². The van der Waals surface area contributed by atoms with Crippen molar-refractivity contribution in [2.45, 2.75) is 40.2 Å². The minimum atomic E-state index is -3.26. The summed E-state index contributed by atoms with van der Waals surface area (Å²) in [5, 5.41) is 6.88. The van der Waals surface area contributed by atoms with Crippen molar-refractivity contribution >= 4 is 15.9 Å². The Hall–Kier alpha value is -1.41. The molecule has 0 saturated carbocycles. The summed E-state index contributed by atoms with van der Waals surface area (Å²) in [6.45, 7) is 8.43. The smallest absolute Gasteiger partial charge is 0.257 e. The molecule has 8 heteroatoms. The molecule has 1 saturated heterocycles. The molecule has 2 heterocycles. The molecule has 0 aliphatic carbocycles. The van der Waals surface area contributed by atoms with Gasteiger partial charge in [-0.25, -0.2) is 8.42 Å². The molecule has 2 rings (SSSR count). The molecule has 1 N–H and O–H groups in total. The summed E-state index contributed by atoms with van der Waals surface area (Å²) in [5.74, 6) is 0.588. The zero-order valence-corrected chi connectivity index (χ0v) is 15.1. The minimum absolute atomic E-state index is 0.0823. The van der Waals surface area contributed by atoms with Crippen LogP contribution in [0.25, 0.3) is 0 Å². The zero-order chi connectivity index (χ0) is 17.4. The molecule has 1 aliphatic rings. The molecule has 1 fully saturated rings. The number of rotatable bonds is 5. The fourth-order valence-corrected chi connectivity index (χ4v) is 3.96. The summed E-state index contributed by atoms with van der Waals surface area (Å²) in [4.78, 5) is 12.6. The van der Waals surface area contributed by atoms with Crippen LogP contribution in [0.2, 0.25) is 0 Å². The summed E-state index contributed by atoms with van der Waals surface area (Å²) >= 11 is 0. The van der Waals surface area contributed by atoms with E-state index in [0.717, 1.165) is 0 Å². The lowest BCUT2D eigenvalue weighted by atomic mass is 9.91. The van der Waals surface area contributed by atoms with Gasteiger partial charge in [-0.1, -0.05) is 25.9 Å². The molecule has 1 aliphatic heterocycles. The molecular weight excluding hydrogens is 318 g/mol. The highest BCUT2D eigenvalue weighted by molar-refractivity contribution is 7.88. The predicted octanol–water partition coefficient (Wildman–Crippen LogP) is 1.19. The molecule has 0 bridgehead atoms. The second-order valence-electron chi connectivity index (χ2n) is 6.48. The average molecular weight is 343 g/mol. The van der Waals surface area contributed by atoms with E-state index in [0.29, 0.717) is 36.5 Å². The van der Waals surface area contributed by atoms with Crippen molar-refractivity contribution in [1.82, 2.24) is 14.8 Å². The number of hydrogen-bond donors (Lipinski definition) is 1. The standard InChI is InChI=1S/C15H25N3O4S/c1-6-12-14(10(4)22-17-12)15(19)16-13-8-18(23(5,20)21)7-11(13)9(2)3/h9,11,13H,6-8H2,1-5H3,(H,16,19)/t11-,13+/m0/s1. The number of carbonyl (C=O) groups is 1. The normalized spacial score (nSPS) is 22.7. The summed E-state index contributed by atoms with van der Waals surface area (Å²) < 4.78 is 30.1. The highest BCUT2D eigenvalue weighted by Gasteiger charge is 2.39. The van der Waals surface area contributed by atoms with E-state index in [2.05, 4.69) is 10.5 Å². The van der Waals surface area contributed by atoms with Gasteiger partial charge in [0.2, 0.25) is 10.0 Å². The fraction of sp³-hybridized carbons (Fsp3) is 0.733. The number of nitrogens with zero attached hydrogens (tertiary/aromatic N) is 2. The van der Waals surface area contributed by atoms with Gasteiger partial charge >= 0.3 is 0 Å². The summed E-state index contributed by atoms with van der Waals surface area (Å²) in [5.41, 5.74) is 1.09. The lowest BCUT2D eigenvalue weighted by Gasteiger charge is -2.22. The van der Waals surface area contributed by atoms with Gasteiger partial charge in [-0.2, -0.15) is 4.31 Å². The van der Waals surface area contributed by atoms with Crippen LogP contribution in [0.3, 0.4) is 0 Å². The third kappa shape index (κ3) is 3.74.